The second-order valence-electron chi connectivity index (χ2n) is 2.67. The van der Waals surface area contributed by atoms with Crippen molar-refractivity contribution in [2.75, 3.05) is 7.11 Å². The van der Waals surface area contributed by atoms with Crippen LogP contribution in [0.3, 0.4) is 0 Å². The fourth-order valence-electron chi connectivity index (χ4n) is 1.11. The van der Waals surface area contributed by atoms with Crippen LogP contribution < -0.4 is 4.74 Å². The molecule has 0 aliphatic heterocycles. The Labute approximate surface area is 76.4 Å². The Kier molecular flexibility index (Phi) is 2.38. The third-order valence-corrected chi connectivity index (χ3v) is 1.92. The number of nitrogens with zero attached hydrogens (tertiary/aromatic N) is 2. The molecule has 0 amide bonds. The third kappa shape index (κ3) is 1.41. The Bertz CT molecular complexity index is 380. The van der Waals surface area contributed by atoms with Crippen molar-refractivity contribution >= 4 is 0 Å². The minimum Gasteiger partial charge on any atom is -0.495 e. The lowest BCUT2D eigenvalue weighted by molar-refractivity contribution is 0.396. The van der Waals surface area contributed by atoms with Gasteiger partial charge < -0.3 is 9.84 Å². The molecule has 0 aromatic carbocycles. The first-order valence-corrected chi connectivity index (χ1v) is 3.76. The number of aromatic nitrogens is 1. The molecular weight excluding hydrogens is 168 g/mol. The highest BCUT2D eigenvalue weighted by Crippen LogP contribution is 2.29. The third-order valence-electron chi connectivity index (χ3n) is 1.92. The number of pyridine rings is 1. The first kappa shape index (κ1) is 9.33. The van der Waals surface area contributed by atoms with Crippen LogP contribution in [0.5, 0.6) is 11.6 Å². The van der Waals surface area contributed by atoms with Crippen LogP contribution >= 0.6 is 0 Å². The number of rotatable bonds is 1. The van der Waals surface area contributed by atoms with Crippen molar-refractivity contribution in [2.24, 2.45) is 0 Å². The van der Waals surface area contributed by atoms with Gasteiger partial charge in [-0.3, -0.25) is 0 Å². The predicted molar refractivity (Wildman–Crippen MR) is 46.6 cm³/mol. The average molecular weight is 178 g/mol. The molecule has 0 unspecified atom stereocenters. The standard InChI is InChI=1S/C9H10N2O2/c1-5-6(2)11-9(12)7(4-10)8(5)13-3/h1-3H3,(H,11,12). The van der Waals surface area contributed by atoms with Gasteiger partial charge in [0.25, 0.3) is 0 Å². The molecule has 1 heterocycles. The summed E-state index contributed by atoms with van der Waals surface area (Å²) in [6.45, 7) is 3.54. The van der Waals surface area contributed by atoms with Crippen molar-refractivity contribution in [3.8, 4) is 17.7 Å². The average Bonchev–Trinajstić information content (AvgIpc) is 2.10. The second-order valence-corrected chi connectivity index (χ2v) is 2.67. The highest BCUT2D eigenvalue weighted by atomic mass is 16.5. The van der Waals surface area contributed by atoms with E-state index in [1.165, 1.54) is 7.11 Å². The maximum atomic E-state index is 9.31. The Hall–Kier alpha value is -1.76. The molecule has 0 fully saturated rings. The van der Waals surface area contributed by atoms with E-state index >= 15 is 0 Å². The molecule has 13 heavy (non-hydrogen) atoms. The summed E-state index contributed by atoms with van der Waals surface area (Å²) >= 11 is 0. The maximum absolute atomic E-state index is 9.31. The highest BCUT2D eigenvalue weighted by Gasteiger charge is 2.14. The SMILES string of the molecule is COc1c(C)c(C)nc(O)c1C#N. The zero-order chi connectivity index (χ0) is 10.0. The van der Waals surface area contributed by atoms with Gasteiger partial charge in [-0.1, -0.05) is 0 Å². The number of nitriles is 1. The zero-order valence-corrected chi connectivity index (χ0v) is 7.75. The zero-order valence-electron chi connectivity index (χ0n) is 7.75. The van der Waals surface area contributed by atoms with Crippen molar-refractivity contribution in [3.05, 3.63) is 16.8 Å². The summed E-state index contributed by atoms with van der Waals surface area (Å²) in [5.41, 5.74) is 1.52. The number of aromatic hydroxyl groups is 1. The number of hydrogen-bond donors (Lipinski definition) is 1. The van der Waals surface area contributed by atoms with E-state index in [1.807, 2.05) is 6.07 Å². The maximum Gasteiger partial charge on any atom is 0.233 e. The molecule has 1 N–H and O–H groups in total. The van der Waals surface area contributed by atoms with Gasteiger partial charge in [0.2, 0.25) is 5.88 Å². The van der Waals surface area contributed by atoms with Crippen LogP contribution in [-0.2, 0) is 0 Å². The topological polar surface area (TPSA) is 66.1 Å². The van der Waals surface area contributed by atoms with E-state index in [1.54, 1.807) is 13.8 Å². The summed E-state index contributed by atoms with van der Waals surface area (Å²) in [4.78, 5) is 3.81. The second kappa shape index (κ2) is 3.31. The molecule has 68 valence electrons. The summed E-state index contributed by atoms with van der Waals surface area (Å²) in [6.07, 6.45) is 0. The van der Waals surface area contributed by atoms with Gasteiger partial charge in [-0.05, 0) is 13.8 Å². The monoisotopic (exact) mass is 178 g/mol. The van der Waals surface area contributed by atoms with Crippen molar-refractivity contribution in [2.45, 2.75) is 13.8 Å². The summed E-state index contributed by atoms with van der Waals surface area (Å²) in [7, 11) is 1.46. The fraction of sp³-hybridized carbons (Fsp3) is 0.333. The van der Waals surface area contributed by atoms with Gasteiger partial charge in [-0.15, -0.1) is 0 Å². The van der Waals surface area contributed by atoms with Crippen molar-refractivity contribution in [1.82, 2.24) is 4.98 Å². The van der Waals surface area contributed by atoms with Crippen molar-refractivity contribution in [3.63, 3.8) is 0 Å². The Balaban J connectivity index is 3.53. The number of aryl methyl sites for hydroxylation is 1. The summed E-state index contributed by atoms with van der Waals surface area (Å²) in [5, 5.41) is 18.0. The van der Waals surface area contributed by atoms with E-state index in [2.05, 4.69) is 4.98 Å². The molecule has 1 aromatic rings. The van der Waals surface area contributed by atoms with E-state index in [9.17, 15) is 5.11 Å². The van der Waals surface area contributed by atoms with E-state index in [0.717, 1.165) is 5.56 Å². The lowest BCUT2D eigenvalue weighted by Gasteiger charge is -2.09. The largest absolute Gasteiger partial charge is 0.495 e. The summed E-state index contributed by atoms with van der Waals surface area (Å²) < 4.78 is 5.01. The Morgan fingerprint density at radius 1 is 1.46 bits per heavy atom. The summed E-state index contributed by atoms with van der Waals surface area (Å²) in [5.74, 6) is 0.120. The molecule has 0 spiro atoms. The lowest BCUT2D eigenvalue weighted by Crippen LogP contribution is -1.97. The van der Waals surface area contributed by atoms with Crippen LogP contribution in [0.25, 0.3) is 0 Å². The van der Waals surface area contributed by atoms with Crippen LogP contribution in [0.1, 0.15) is 16.8 Å². The molecule has 0 bridgehead atoms. The first-order chi connectivity index (χ1) is 6.11. The van der Waals surface area contributed by atoms with Crippen molar-refractivity contribution < 1.29 is 9.84 Å². The lowest BCUT2D eigenvalue weighted by atomic mass is 10.1. The Morgan fingerprint density at radius 3 is 2.54 bits per heavy atom. The van der Waals surface area contributed by atoms with Gasteiger partial charge in [0.15, 0.2) is 5.56 Å². The minimum atomic E-state index is -0.276. The van der Waals surface area contributed by atoms with Gasteiger partial charge in [0.1, 0.15) is 11.8 Å². The number of hydrogen-bond acceptors (Lipinski definition) is 4. The quantitative estimate of drug-likeness (QED) is 0.703. The van der Waals surface area contributed by atoms with E-state index < -0.39 is 0 Å². The van der Waals surface area contributed by atoms with Crippen molar-refractivity contribution in [1.29, 1.82) is 5.26 Å². The highest BCUT2D eigenvalue weighted by molar-refractivity contribution is 5.54. The van der Waals surface area contributed by atoms with Gasteiger partial charge in [0.05, 0.1) is 7.11 Å². The molecular formula is C9H10N2O2. The molecule has 1 aromatic heterocycles. The molecule has 0 aliphatic carbocycles. The number of methoxy groups -OCH3 is 1. The predicted octanol–water partition coefficient (Wildman–Crippen LogP) is 1.28. The molecule has 4 heteroatoms. The summed E-state index contributed by atoms with van der Waals surface area (Å²) in [6, 6.07) is 1.85. The van der Waals surface area contributed by atoms with Crippen LogP contribution in [0.15, 0.2) is 0 Å². The molecule has 0 atom stereocenters. The Morgan fingerprint density at radius 2 is 2.08 bits per heavy atom. The molecule has 4 nitrogen and oxygen atoms in total. The van der Waals surface area contributed by atoms with Crippen LogP contribution in [0.2, 0.25) is 0 Å². The van der Waals surface area contributed by atoms with Gasteiger partial charge in [-0.25, -0.2) is 4.98 Å². The molecule has 0 saturated heterocycles. The first-order valence-electron chi connectivity index (χ1n) is 3.76. The van der Waals surface area contributed by atoms with E-state index in [0.29, 0.717) is 11.4 Å². The van der Waals surface area contributed by atoms with E-state index in [-0.39, 0.29) is 11.4 Å². The molecule has 0 saturated carbocycles. The van der Waals surface area contributed by atoms with Gasteiger partial charge >= 0.3 is 0 Å². The normalized spacial score (nSPS) is 9.38. The molecule has 1 rings (SSSR count). The van der Waals surface area contributed by atoms with Gasteiger partial charge in [-0.2, -0.15) is 5.26 Å². The van der Waals surface area contributed by atoms with Crippen LogP contribution in [0, 0.1) is 25.2 Å². The molecule has 0 radical (unpaired) electrons. The molecule has 0 aliphatic rings. The van der Waals surface area contributed by atoms with Gasteiger partial charge in [0, 0.05) is 11.3 Å². The number of ether oxygens (including phenoxy) is 1. The van der Waals surface area contributed by atoms with Crippen LogP contribution in [0.4, 0.5) is 0 Å². The minimum absolute atomic E-state index is 0.0885. The fourth-order valence-corrected chi connectivity index (χ4v) is 1.11. The van der Waals surface area contributed by atoms with E-state index in [4.69, 9.17) is 10.00 Å². The van der Waals surface area contributed by atoms with Crippen LogP contribution in [-0.4, -0.2) is 17.2 Å². The smallest absolute Gasteiger partial charge is 0.233 e.